The van der Waals surface area contributed by atoms with Gasteiger partial charge >= 0.3 is 0 Å². The number of hydrogen-bond acceptors (Lipinski definition) is 4. The molecule has 0 bridgehead atoms. The number of aryl methyl sites for hydroxylation is 1. The summed E-state index contributed by atoms with van der Waals surface area (Å²) >= 11 is 1.72. The summed E-state index contributed by atoms with van der Waals surface area (Å²) in [5.41, 5.74) is 2.62. The molecule has 0 aromatic heterocycles. The van der Waals surface area contributed by atoms with Crippen molar-refractivity contribution in [3.8, 4) is 0 Å². The molecule has 0 unspecified atom stereocenters. The molecular formula is C24H26N2O3S2. The van der Waals surface area contributed by atoms with Gasteiger partial charge in [0.2, 0.25) is 5.91 Å². The Labute approximate surface area is 188 Å². The number of sulfonamides is 1. The fourth-order valence-corrected chi connectivity index (χ4v) is 5.28. The Morgan fingerprint density at radius 1 is 0.935 bits per heavy atom. The molecule has 0 saturated carbocycles. The van der Waals surface area contributed by atoms with E-state index in [-0.39, 0.29) is 17.3 Å². The Morgan fingerprint density at radius 3 is 2.29 bits per heavy atom. The molecule has 0 fully saturated rings. The fraction of sp³-hybridized carbons (Fsp3) is 0.208. The SMILES string of the molecule is Cc1cccc(N(CC(=O)NCCSCc2ccccc2)S(=O)(=O)c2ccccc2)c1. The maximum absolute atomic E-state index is 13.3. The van der Waals surface area contributed by atoms with E-state index in [1.54, 1.807) is 48.2 Å². The molecule has 1 amide bonds. The maximum Gasteiger partial charge on any atom is 0.264 e. The average molecular weight is 455 g/mol. The van der Waals surface area contributed by atoms with Crippen LogP contribution in [-0.2, 0) is 20.6 Å². The van der Waals surface area contributed by atoms with Gasteiger partial charge in [-0.3, -0.25) is 9.10 Å². The third kappa shape index (κ3) is 6.60. The Bertz CT molecular complexity index is 1090. The summed E-state index contributed by atoms with van der Waals surface area (Å²) in [6.07, 6.45) is 0. The van der Waals surface area contributed by atoms with E-state index >= 15 is 0 Å². The van der Waals surface area contributed by atoms with Crippen molar-refractivity contribution in [2.45, 2.75) is 17.6 Å². The van der Waals surface area contributed by atoms with Crippen molar-refractivity contribution < 1.29 is 13.2 Å². The zero-order valence-electron chi connectivity index (χ0n) is 17.4. The molecule has 3 rings (SSSR count). The van der Waals surface area contributed by atoms with Crippen molar-refractivity contribution >= 4 is 33.4 Å². The number of benzene rings is 3. The molecule has 7 heteroatoms. The van der Waals surface area contributed by atoms with Crippen LogP contribution in [0.4, 0.5) is 5.69 Å². The Kier molecular flexibility index (Phi) is 8.14. The highest BCUT2D eigenvalue weighted by atomic mass is 32.2. The molecule has 3 aromatic rings. The lowest BCUT2D eigenvalue weighted by atomic mass is 10.2. The van der Waals surface area contributed by atoms with E-state index < -0.39 is 10.0 Å². The second-order valence-corrected chi connectivity index (χ2v) is 10.0. The molecule has 3 aromatic carbocycles. The minimum Gasteiger partial charge on any atom is -0.354 e. The number of thioether (sulfide) groups is 1. The van der Waals surface area contributed by atoms with Gasteiger partial charge in [-0.15, -0.1) is 0 Å². The highest BCUT2D eigenvalue weighted by Crippen LogP contribution is 2.24. The molecule has 31 heavy (non-hydrogen) atoms. The van der Waals surface area contributed by atoms with Crippen LogP contribution in [0.5, 0.6) is 0 Å². The number of carbonyl (C=O) groups is 1. The molecule has 0 aliphatic carbocycles. The topological polar surface area (TPSA) is 66.5 Å². The lowest BCUT2D eigenvalue weighted by Gasteiger charge is -2.24. The second kappa shape index (κ2) is 11.0. The van der Waals surface area contributed by atoms with Crippen LogP contribution in [0.1, 0.15) is 11.1 Å². The number of rotatable bonds is 10. The molecular weight excluding hydrogens is 428 g/mol. The molecule has 1 N–H and O–H groups in total. The van der Waals surface area contributed by atoms with E-state index in [0.717, 1.165) is 17.1 Å². The van der Waals surface area contributed by atoms with Crippen LogP contribution in [0, 0.1) is 6.92 Å². The summed E-state index contributed by atoms with van der Waals surface area (Å²) in [7, 11) is -3.87. The molecule has 0 atom stereocenters. The van der Waals surface area contributed by atoms with Crippen LogP contribution >= 0.6 is 11.8 Å². The average Bonchev–Trinajstić information content (AvgIpc) is 2.78. The first-order valence-electron chi connectivity index (χ1n) is 9.99. The van der Waals surface area contributed by atoms with Gasteiger partial charge in [0.15, 0.2) is 0 Å². The summed E-state index contributed by atoms with van der Waals surface area (Å²) < 4.78 is 27.7. The normalized spacial score (nSPS) is 11.1. The summed E-state index contributed by atoms with van der Waals surface area (Å²) in [6.45, 7) is 2.09. The van der Waals surface area contributed by atoms with Crippen LogP contribution in [0.25, 0.3) is 0 Å². The summed E-state index contributed by atoms with van der Waals surface area (Å²) in [5, 5.41) is 2.84. The highest BCUT2D eigenvalue weighted by molar-refractivity contribution is 7.98. The number of nitrogens with zero attached hydrogens (tertiary/aromatic N) is 1. The van der Waals surface area contributed by atoms with Crippen molar-refractivity contribution in [3.05, 3.63) is 96.1 Å². The van der Waals surface area contributed by atoms with E-state index in [0.29, 0.717) is 12.2 Å². The third-order valence-corrected chi connectivity index (χ3v) is 7.41. The zero-order chi connectivity index (χ0) is 22.1. The van der Waals surface area contributed by atoms with Crippen molar-refractivity contribution in [1.29, 1.82) is 0 Å². The molecule has 0 spiro atoms. The van der Waals surface area contributed by atoms with Gasteiger partial charge in [-0.2, -0.15) is 11.8 Å². The summed E-state index contributed by atoms with van der Waals surface area (Å²) in [6, 6.07) is 25.5. The maximum atomic E-state index is 13.3. The standard InChI is InChI=1S/C24H26N2O3S2/c1-20-9-8-12-22(17-20)26(31(28,29)23-13-6-3-7-14-23)18-24(27)25-15-16-30-19-21-10-4-2-5-11-21/h2-14,17H,15-16,18-19H2,1H3,(H,25,27). The zero-order valence-corrected chi connectivity index (χ0v) is 19.0. The lowest BCUT2D eigenvalue weighted by molar-refractivity contribution is -0.119. The quantitative estimate of drug-likeness (QED) is 0.466. The van der Waals surface area contributed by atoms with E-state index in [9.17, 15) is 13.2 Å². The Morgan fingerprint density at radius 2 is 1.61 bits per heavy atom. The Hall–Kier alpha value is -2.77. The van der Waals surface area contributed by atoms with Gasteiger partial charge in [0.05, 0.1) is 10.6 Å². The minimum atomic E-state index is -3.87. The van der Waals surface area contributed by atoms with Gasteiger partial charge in [0.1, 0.15) is 6.54 Å². The van der Waals surface area contributed by atoms with Gasteiger partial charge in [0.25, 0.3) is 10.0 Å². The van der Waals surface area contributed by atoms with Crippen LogP contribution in [-0.4, -0.2) is 33.2 Å². The number of hydrogen-bond donors (Lipinski definition) is 1. The predicted molar refractivity (Wildman–Crippen MR) is 128 cm³/mol. The van der Waals surface area contributed by atoms with E-state index in [1.165, 1.54) is 22.0 Å². The summed E-state index contributed by atoms with van der Waals surface area (Å²) in [4.78, 5) is 12.8. The van der Waals surface area contributed by atoms with Crippen molar-refractivity contribution in [1.82, 2.24) is 5.32 Å². The monoisotopic (exact) mass is 454 g/mol. The smallest absolute Gasteiger partial charge is 0.264 e. The molecule has 0 heterocycles. The third-order valence-electron chi connectivity index (χ3n) is 4.59. The number of nitrogens with one attached hydrogen (secondary N) is 1. The van der Waals surface area contributed by atoms with Crippen LogP contribution in [0.2, 0.25) is 0 Å². The van der Waals surface area contributed by atoms with E-state index in [4.69, 9.17) is 0 Å². The molecule has 0 saturated heterocycles. The van der Waals surface area contributed by atoms with Crippen molar-refractivity contribution in [2.24, 2.45) is 0 Å². The van der Waals surface area contributed by atoms with E-state index in [1.807, 2.05) is 31.2 Å². The van der Waals surface area contributed by atoms with Crippen LogP contribution in [0.15, 0.2) is 89.8 Å². The predicted octanol–water partition coefficient (Wildman–Crippen LogP) is 4.24. The van der Waals surface area contributed by atoms with Crippen LogP contribution < -0.4 is 9.62 Å². The first-order valence-corrected chi connectivity index (χ1v) is 12.6. The molecule has 0 radical (unpaired) electrons. The fourth-order valence-electron chi connectivity index (χ4n) is 3.03. The van der Waals surface area contributed by atoms with Crippen molar-refractivity contribution in [2.75, 3.05) is 23.1 Å². The van der Waals surface area contributed by atoms with E-state index in [2.05, 4.69) is 17.4 Å². The first-order chi connectivity index (χ1) is 15.0. The van der Waals surface area contributed by atoms with Crippen molar-refractivity contribution in [3.63, 3.8) is 0 Å². The molecule has 5 nitrogen and oxygen atoms in total. The van der Waals surface area contributed by atoms with Gasteiger partial charge < -0.3 is 5.32 Å². The van der Waals surface area contributed by atoms with Gasteiger partial charge in [-0.25, -0.2) is 8.42 Å². The highest BCUT2D eigenvalue weighted by Gasteiger charge is 2.27. The Balaban J connectivity index is 1.64. The molecule has 162 valence electrons. The molecule has 0 aliphatic heterocycles. The van der Waals surface area contributed by atoms with Gasteiger partial charge in [-0.1, -0.05) is 60.7 Å². The molecule has 0 aliphatic rings. The largest absolute Gasteiger partial charge is 0.354 e. The lowest BCUT2D eigenvalue weighted by Crippen LogP contribution is -2.41. The number of amides is 1. The summed E-state index contributed by atoms with van der Waals surface area (Å²) in [5.74, 6) is 1.28. The van der Waals surface area contributed by atoms with Gasteiger partial charge in [-0.05, 0) is 42.3 Å². The minimum absolute atomic E-state index is 0.155. The van der Waals surface area contributed by atoms with Crippen LogP contribution in [0.3, 0.4) is 0 Å². The number of anilines is 1. The second-order valence-electron chi connectivity index (χ2n) is 7.05. The van der Waals surface area contributed by atoms with Gasteiger partial charge in [0, 0.05) is 18.1 Å². The number of carbonyl (C=O) groups excluding carboxylic acids is 1. The first kappa shape index (κ1) is 22.9.